The van der Waals surface area contributed by atoms with E-state index in [9.17, 15) is 13.2 Å². The van der Waals surface area contributed by atoms with Crippen LogP contribution in [-0.4, -0.2) is 32.6 Å². The van der Waals surface area contributed by atoms with Crippen LogP contribution in [0.4, 0.5) is 0 Å². The quantitative estimate of drug-likeness (QED) is 0.446. The Morgan fingerprint density at radius 1 is 1.08 bits per heavy atom. The van der Waals surface area contributed by atoms with Crippen molar-refractivity contribution in [2.24, 2.45) is 0 Å². The van der Waals surface area contributed by atoms with Crippen molar-refractivity contribution in [3.8, 4) is 10.4 Å². The van der Waals surface area contributed by atoms with Gasteiger partial charge in [0.05, 0.1) is 4.90 Å². The van der Waals surface area contributed by atoms with Crippen LogP contribution in [0.25, 0.3) is 16.5 Å². The smallest absolute Gasteiger partial charge is 0.242 e. The topological polar surface area (TPSA) is 54.5 Å². The summed E-state index contributed by atoms with van der Waals surface area (Å²) in [5.41, 5.74) is 1.48. The number of benzene rings is 1. The van der Waals surface area contributed by atoms with Crippen molar-refractivity contribution >= 4 is 44.6 Å². The number of allylic oxidation sites excluding steroid dienone is 1. The van der Waals surface area contributed by atoms with E-state index in [1.54, 1.807) is 40.9 Å². The summed E-state index contributed by atoms with van der Waals surface area (Å²) in [6.45, 7) is 0. The van der Waals surface area contributed by atoms with E-state index in [-0.39, 0.29) is 10.7 Å². The number of ketones is 1. The standard InChI is InChI=1S/C19H17NO3S3/c1-20(2)26(22,23)17-6-3-5-14(12-17)18(21)9-8-16-11-15(13-25-16)19-7-4-10-24-19/h3-13H,1-2H3/b9-8+. The number of hydrogen-bond donors (Lipinski definition) is 0. The normalized spacial score (nSPS) is 12.1. The van der Waals surface area contributed by atoms with Crippen molar-refractivity contribution in [3.05, 3.63) is 69.7 Å². The number of hydrogen-bond acceptors (Lipinski definition) is 5. The first-order valence-corrected chi connectivity index (χ1v) is 11.0. The van der Waals surface area contributed by atoms with Crippen LogP contribution in [0.2, 0.25) is 0 Å². The zero-order valence-electron chi connectivity index (χ0n) is 14.2. The largest absolute Gasteiger partial charge is 0.289 e. The van der Waals surface area contributed by atoms with Gasteiger partial charge in [-0.3, -0.25) is 4.79 Å². The molecule has 26 heavy (non-hydrogen) atoms. The van der Waals surface area contributed by atoms with Gasteiger partial charge in [-0.1, -0.05) is 18.2 Å². The summed E-state index contributed by atoms with van der Waals surface area (Å²) in [5, 5.41) is 4.08. The van der Waals surface area contributed by atoms with Gasteiger partial charge in [0.1, 0.15) is 0 Å². The molecule has 3 aromatic rings. The van der Waals surface area contributed by atoms with Crippen LogP contribution in [-0.2, 0) is 10.0 Å². The molecule has 0 atom stereocenters. The molecule has 0 N–H and O–H groups in total. The minimum Gasteiger partial charge on any atom is -0.289 e. The molecule has 7 heteroatoms. The Hall–Kier alpha value is -2.06. The monoisotopic (exact) mass is 403 g/mol. The van der Waals surface area contributed by atoms with Crippen LogP contribution >= 0.6 is 22.7 Å². The Kier molecular flexibility index (Phi) is 5.52. The van der Waals surface area contributed by atoms with E-state index in [4.69, 9.17) is 0 Å². The first-order valence-electron chi connectivity index (χ1n) is 7.75. The van der Waals surface area contributed by atoms with E-state index in [1.165, 1.54) is 37.2 Å². The minimum absolute atomic E-state index is 0.109. The lowest BCUT2D eigenvalue weighted by molar-refractivity contribution is 0.104. The van der Waals surface area contributed by atoms with E-state index < -0.39 is 10.0 Å². The Balaban J connectivity index is 1.79. The van der Waals surface area contributed by atoms with E-state index in [0.29, 0.717) is 5.56 Å². The zero-order valence-corrected chi connectivity index (χ0v) is 16.7. The molecule has 1 aromatic carbocycles. The van der Waals surface area contributed by atoms with Crippen LogP contribution in [0.1, 0.15) is 15.2 Å². The maximum atomic E-state index is 12.4. The molecule has 0 fully saturated rings. The fourth-order valence-electron chi connectivity index (χ4n) is 2.29. The van der Waals surface area contributed by atoms with Crippen LogP contribution in [0.5, 0.6) is 0 Å². The van der Waals surface area contributed by atoms with Crippen LogP contribution in [0.15, 0.2) is 64.2 Å². The van der Waals surface area contributed by atoms with Crippen molar-refractivity contribution < 1.29 is 13.2 Å². The van der Waals surface area contributed by atoms with Gasteiger partial charge in [0.2, 0.25) is 10.0 Å². The molecule has 4 nitrogen and oxygen atoms in total. The fraction of sp³-hybridized carbons (Fsp3) is 0.105. The molecule has 0 aliphatic heterocycles. The van der Waals surface area contributed by atoms with Gasteiger partial charge in [-0.2, -0.15) is 0 Å². The molecule has 2 aromatic heterocycles. The molecule has 0 spiro atoms. The molecule has 0 amide bonds. The van der Waals surface area contributed by atoms with Crippen molar-refractivity contribution in [1.82, 2.24) is 4.31 Å². The second-order valence-electron chi connectivity index (χ2n) is 5.73. The summed E-state index contributed by atoms with van der Waals surface area (Å²) < 4.78 is 25.5. The summed E-state index contributed by atoms with van der Waals surface area (Å²) >= 11 is 3.23. The highest BCUT2D eigenvalue weighted by molar-refractivity contribution is 7.89. The average molecular weight is 404 g/mol. The average Bonchev–Trinajstić information content (AvgIpc) is 3.31. The van der Waals surface area contributed by atoms with Gasteiger partial charge in [0, 0.05) is 35.0 Å². The molecule has 0 saturated carbocycles. The number of rotatable bonds is 6. The van der Waals surface area contributed by atoms with E-state index in [0.717, 1.165) is 14.7 Å². The molecule has 0 bridgehead atoms. The van der Waals surface area contributed by atoms with Gasteiger partial charge >= 0.3 is 0 Å². The van der Waals surface area contributed by atoms with Crippen molar-refractivity contribution in [2.45, 2.75) is 4.90 Å². The highest BCUT2D eigenvalue weighted by Crippen LogP contribution is 2.29. The molecule has 0 unspecified atom stereocenters. The molecule has 0 radical (unpaired) electrons. The molecular weight excluding hydrogens is 386 g/mol. The first kappa shape index (κ1) is 18.7. The second kappa shape index (κ2) is 7.67. The summed E-state index contributed by atoms with van der Waals surface area (Å²) in [6, 6.07) is 12.2. The second-order valence-corrected chi connectivity index (χ2v) is 9.77. The maximum absolute atomic E-state index is 12.4. The van der Waals surface area contributed by atoms with Crippen LogP contribution in [0, 0.1) is 0 Å². The van der Waals surface area contributed by atoms with Crippen molar-refractivity contribution in [1.29, 1.82) is 0 Å². The number of carbonyl (C=O) groups is 1. The van der Waals surface area contributed by atoms with Gasteiger partial charge in [-0.15, -0.1) is 22.7 Å². The third-order valence-electron chi connectivity index (χ3n) is 3.72. The summed E-state index contributed by atoms with van der Waals surface area (Å²) in [5.74, 6) is -0.230. The van der Waals surface area contributed by atoms with Gasteiger partial charge in [0.25, 0.3) is 0 Å². The van der Waals surface area contributed by atoms with Gasteiger partial charge < -0.3 is 0 Å². The van der Waals surface area contributed by atoms with Gasteiger partial charge in [-0.25, -0.2) is 12.7 Å². The first-order chi connectivity index (χ1) is 12.4. The summed E-state index contributed by atoms with van der Waals surface area (Å²) in [7, 11) is -0.634. The number of carbonyl (C=O) groups excluding carboxylic acids is 1. The lowest BCUT2D eigenvalue weighted by Crippen LogP contribution is -2.22. The maximum Gasteiger partial charge on any atom is 0.242 e. The summed E-state index contributed by atoms with van der Waals surface area (Å²) in [6.07, 6.45) is 3.24. The van der Waals surface area contributed by atoms with Crippen LogP contribution < -0.4 is 0 Å². The van der Waals surface area contributed by atoms with Crippen LogP contribution in [0.3, 0.4) is 0 Å². The Morgan fingerprint density at radius 3 is 2.58 bits per heavy atom. The molecular formula is C19H17NO3S3. The van der Waals surface area contributed by atoms with E-state index in [1.807, 2.05) is 17.5 Å². The third kappa shape index (κ3) is 4.02. The molecule has 0 aliphatic rings. The molecule has 0 aliphatic carbocycles. The number of thiophene rings is 2. The highest BCUT2D eigenvalue weighted by Gasteiger charge is 2.18. The zero-order chi connectivity index (χ0) is 18.7. The van der Waals surface area contributed by atoms with Gasteiger partial charge in [-0.05, 0) is 47.2 Å². The van der Waals surface area contributed by atoms with Gasteiger partial charge in [0.15, 0.2) is 5.78 Å². The number of sulfonamides is 1. The molecule has 2 heterocycles. The Bertz CT molecular complexity index is 1050. The van der Waals surface area contributed by atoms with E-state index >= 15 is 0 Å². The summed E-state index contributed by atoms with van der Waals surface area (Å²) in [4.78, 5) is 14.7. The lowest BCUT2D eigenvalue weighted by Gasteiger charge is -2.11. The SMILES string of the molecule is CN(C)S(=O)(=O)c1cccc(C(=O)/C=C/c2cc(-c3cccs3)cs2)c1. The predicted octanol–water partition coefficient (Wildman–Crippen LogP) is 4.62. The third-order valence-corrected chi connectivity index (χ3v) is 7.35. The van der Waals surface area contributed by atoms with Crippen molar-refractivity contribution in [2.75, 3.05) is 14.1 Å². The number of nitrogens with zero attached hydrogens (tertiary/aromatic N) is 1. The van der Waals surface area contributed by atoms with E-state index in [2.05, 4.69) is 11.4 Å². The van der Waals surface area contributed by atoms with Crippen molar-refractivity contribution in [3.63, 3.8) is 0 Å². The Labute approximate surface area is 161 Å². The Morgan fingerprint density at radius 2 is 1.88 bits per heavy atom. The molecule has 3 rings (SSSR count). The highest BCUT2D eigenvalue weighted by atomic mass is 32.2. The fourth-order valence-corrected chi connectivity index (χ4v) is 4.82. The molecule has 0 saturated heterocycles. The predicted molar refractivity (Wildman–Crippen MR) is 108 cm³/mol. The lowest BCUT2D eigenvalue weighted by atomic mass is 10.1. The minimum atomic E-state index is -3.56. The molecule has 134 valence electrons.